The lowest BCUT2D eigenvalue weighted by atomic mass is 10.4. The normalized spacial score (nSPS) is 17.1. The molecule has 1 aliphatic heterocycles. The van der Waals surface area contributed by atoms with Crippen LogP contribution in [0.3, 0.4) is 0 Å². The van der Waals surface area contributed by atoms with E-state index in [4.69, 9.17) is 10.00 Å². The van der Waals surface area contributed by atoms with E-state index >= 15 is 0 Å². The number of ether oxygens (including phenoxy) is 1. The van der Waals surface area contributed by atoms with Crippen LogP contribution in [0.5, 0.6) is 0 Å². The predicted octanol–water partition coefficient (Wildman–Crippen LogP) is -1.22. The van der Waals surface area contributed by atoms with E-state index in [2.05, 4.69) is 0 Å². The smallest absolute Gasteiger partial charge is 0.237 e. The minimum atomic E-state index is -3.57. The molecule has 0 aromatic carbocycles. The molecular formula is C8H12N2O4S. The van der Waals surface area contributed by atoms with Crippen molar-refractivity contribution in [2.75, 3.05) is 37.8 Å². The van der Waals surface area contributed by atoms with Gasteiger partial charge in [0.05, 0.1) is 19.3 Å². The average Bonchev–Trinajstić information content (AvgIpc) is 2.18. The van der Waals surface area contributed by atoms with Crippen molar-refractivity contribution in [3.63, 3.8) is 0 Å². The van der Waals surface area contributed by atoms with E-state index < -0.39 is 27.3 Å². The van der Waals surface area contributed by atoms with Crippen LogP contribution >= 0.6 is 0 Å². The van der Waals surface area contributed by atoms with Gasteiger partial charge < -0.3 is 9.64 Å². The number of morpholine rings is 1. The Labute approximate surface area is 88.3 Å². The van der Waals surface area contributed by atoms with E-state index in [1.165, 1.54) is 11.0 Å². The molecule has 1 fully saturated rings. The van der Waals surface area contributed by atoms with Gasteiger partial charge in [0.25, 0.3) is 0 Å². The minimum Gasteiger partial charge on any atom is -0.378 e. The SMILES string of the molecule is N#CCS(=O)(=O)CC(=O)N1CCOCC1. The number of carbonyl (C=O) groups excluding carboxylic acids is 1. The minimum absolute atomic E-state index is 0.418. The van der Waals surface area contributed by atoms with E-state index in [-0.39, 0.29) is 0 Å². The van der Waals surface area contributed by atoms with E-state index in [0.717, 1.165) is 0 Å². The summed E-state index contributed by atoms with van der Waals surface area (Å²) < 4.78 is 27.4. The van der Waals surface area contributed by atoms with Gasteiger partial charge in [-0.25, -0.2) is 8.42 Å². The molecule has 0 bridgehead atoms. The Hall–Kier alpha value is -1.13. The number of hydrogen-bond donors (Lipinski definition) is 0. The quantitative estimate of drug-likeness (QED) is 0.609. The van der Waals surface area contributed by atoms with Crippen LogP contribution in [0.4, 0.5) is 0 Å². The number of rotatable bonds is 3. The van der Waals surface area contributed by atoms with Crippen molar-refractivity contribution in [1.29, 1.82) is 5.26 Å². The van der Waals surface area contributed by atoms with Crippen LogP contribution in [0.15, 0.2) is 0 Å². The summed E-state index contributed by atoms with van der Waals surface area (Å²) in [6, 6.07) is 1.53. The van der Waals surface area contributed by atoms with Crippen molar-refractivity contribution in [3.05, 3.63) is 0 Å². The van der Waals surface area contributed by atoms with Gasteiger partial charge in [-0.3, -0.25) is 4.79 Å². The average molecular weight is 232 g/mol. The maximum absolute atomic E-state index is 11.5. The molecule has 6 nitrogen and oxygen atoms in total. The highest BCUT2D eigenvalue weighted by Gasteiger charge is 2.22. The first-order valence-electron chi connectivity index (χ1n) is 4.48. The topological polar surface area (TPSA) is 87.5 Å². The van der Waals surface area contributed by atoms with Crippen LogP contribution in [-0.2, 0) is 19.4 Å². The van der Waals surface area contributed by atoms with E-state index in [9.17, 15) is 13.2 Å². The summed E-state index contributed by atoms with van der Waals surface area (Å²) in [6.45, 7) is 1.70. The predicted molar refractivity (Wildman–Crippen MR) is 51.7 cm³/mol. The van der Waals surface area contributed by atoms with Crippen molar-refractivity contribution in [1.82, 2.24) is 4.90 Å². The van der Waals surface area contributed by atoms with E-state index in [0.29, 0.717) is 26.3 Å². The fourth-order valence-electron chi connectivity index (χ4n) is 1.24. The zero-order chi connectivity index (χ0) is 11.3. The van der Waals surface area contributed by atoms with Gasteiger partial charge in [0.15, 0.2) is 9.84 Å². The number of sulfone groups is 1. The molecule has 1 aliphatic rings. The first-order chi connectivity index (χ1) is 7.05. The Morgan fingerprint density at radius 3 is 2.53 bits per heavy atom. The Morgan fingerprint density at radius 1 is 1.40 bits per heavy atom. The Bertz CT molecular complexity index is 365. The molecule has 0 saturated carbocycles. The number of nitriles is 1. The highest BCUT2D eigenvalue weighted by atomic mass is 32.2. The van der Waals surface area contributed by atoms with Crippen molar-refractivity contribution in [3.8, 4) is 6.07 Å². The fourth-order valence-corrected chi connectivity index (χ4v) is 2.10. The van der Waals surface area contributed by atoms with Crippen molar-refractivity contribution in [2.24, 2.45) is 0 Å². The summed E-state index contributed by atoms with van der Waals surface area (Å²) in [5.41, 5.74) is 0. The lowest BCUT2D eigenvalue weighted by Gasteiger charge is -2.26. The van der Waals surface area contributed by atoms with Gasteiger partial charge in [-0.05, 0) is 0 Å². The molecule has 0 aliphatic carbocycles. The Morgan fingerprint density at radius 2 is 2.00 bits per heavy atom. The molecule has 7 heteroatoms. The summed E-state index contributed by atoms with van der Waals surface area (Å²) in [6.07, 6.45) is 0. The van der Waals surface area contributed by atoms with Crippen LogP contribution < -0.4 is 0 Å². The maximum atomic E-state index is 11.5. The Kier molecular flexibility index (Phi) is 4.05. The van der Waals surface area contributed by atoms with Gasteiger partial charge in [0.2, 0.25) is 5.91 Å². The van der Waals surface area contributed by atoms with Gasteiger partial charge in [-0.2, -0.15) is 5.26 Å². The summed E-state index contributed by atoms with van der Waals surface area (Å²) in [5, 5.41) is 8.25. The molecule has 0 N–H and O–H groups in total. The summed E-state index contributed by atoms with van der Waals surface area (Å²) in [5.74, 6) is -1.64. The first kappa shape index (κ1) is 11.9. The van der Waals surface area contributed by atoms with Gasteiger partial charge in [0.1, 0.15) is 11.5 Å². The monoisotopic (exact) mass is 232 g/mol. The second-order valence-electron chi connectivity index (χ2n) is 3.18. The molecule has 1 heterocycles. The second-order valence-corrected chi connectivity index (χ2v) is 5.25. The summed E-state index contributed by atoms with van der Waals surface area (Å²) in [4.78, 5) is 12.9. The molecule has 0 radical (unpaired) electrons. The van der Waals surface area contributed by atoms with Crippen molar-refractivity contribution < 1.29 is 17.9 Å². The standard InChI is InChI=1S/C8H12N2O4S/c9-1-6-15(12,13)7-8(11)10-2-4-14-5-3-10/h2-7H2. The zero-order valence-electron chi connectivity index (χ0n) is 8.18. The lowest BCUT2D eigenvalue weighted by Crippen LogP contribution is -2.43. The van der Waals surface area contributed by atoms with Crippen LogP contribution in [0.2, 0.25) is 0 Å². The second kappa shape index (κ2) is 5.09. The van der Waals surface area contributed by atoms with Gasteiger partial charge in [-0.1, -0.05) is 0 Å². The molecule has 1 rings (SSSR count). The third kappa shape index (κ3) is 3.85. The maximum Gasteiger partial charge on any atom is 0.237 e. The summed E-state index contributed by atoms with van der Waals surface area (Å²) >= 11 is 0. The van der Waals surface area contributed by atoms with Crippen LogP contribution in [-0.4, -0.2) is 57.0 Å². The lowest BCUT2D eigenvalue weighted by molar-refractivity contribution is -0.132. The number of carbonyl (C=O) groups is 1. The number of hydrogen-bond acceptors (Lipinski definition) is 5. The van der Waals surface area contributed by atoms with Crippen molar-refractivity contribution in [2.45, 2.75) is 0 Å². The third-order valence-corrected chi connectivity index (χ3v) is 3.25. The third-order valence-electron chi connectivity index (χ3n) is 1.99. The largest absolute Gasteiger partial charge is 0.378 e. The van der Waals surface area contributed by atoms with Gasteiger partial charge in [0, 0.05) is 13.1 Å². The number of amides is 1. The molecule has 84 valence electrons. The van der Waals surface area contributed by atoms with Crippen LogP contribution in [0.25, 0.3) is 0 Å². The fraction of sp³-hybridized carbons (Fsp3) is 0.750. The highest BCUT2D eigenvalue weighted by Crippen LogP contribution is 2.00. The molecule has 15 heavy (non-hydrogen) atoms. The van der Waals surface area contributed by atoms with E-state index in [1.807, 2.05) is 0 Å². The molecule has 0 spiro atoms. The highest BCUT2D eigenvalue weighted by molar-refractivity contribution is 7.92. The Balaban J connectivity index is 2.51. The van der Waals surface area contributed by atoms with Gasteiger partial charge in [-0.15, -0.1) is 0 Å². The van der Waals surface area contributed by atoms with Gasteiger partial charge >= 0.3 is 0 Å². The zero-order valence-corrected chi connectivity index (χ0v) is 8.99. The summed E-state index contributed by atoms with van der Waals surface area (Å²) in [7, 11) is -3.57. The van der Waals surface area contributed by atoms with Crippen molar-refractivity contribution >= 4 is 15.7 Å². The first-order valence-corrected chi connectivity index (χ1v) is 6.30. The number of nitrogens with zero attached hydrogens (tertiary/aromatic N) is 2. The van der Waals surface area contributed by atoms with Crippen LogP contribution in [0.1, 0.15) is 0 Å². The van der Waals surface area contributed by atoms with E-state index in [1.54, 1.807) is 0 Å². The molecule has 0 aromatic rings. The molecule has 0 unspecified atom stereocenters. The molecule has 0 aromatic heterocycles. The molecule has 1 saturated heterocycles. The molecule has 0 atom stereocenters. The molecular weight excluding hydrogens is 220 g/mol. The van der Waals surface area contributed by atoms with Crippen LogP contribution in [0, 0.1) is 11.3 Å². The molecule has 1 amide bonds.